The summed E-state index contributed by atoms with van der Waals surface area (Å²) in [7, 11) is 0. The van der Waals surface area contributed by atoms with Crippen molar-refractivity contribution in [2.45, 2.75) is 46.1 Å². The Labute approximate surface area is 122 Å². The molecule has 2 rings (SSSR count). The van der Waals surface area contributed by atoms with Gasteiger partial charge in [-0.05, 0) is 43.4 Å². The molecule has 110 valence electrons. The van der Waals surface area contributed by atoms with E-state index in [9.17, 15) is 4.79 Å². The van der Waals surface area contributed by atoms with E-state index in [1.54, 1.807) is 0 Å². The van der Waals surface area contributed by atoms with Crippen molar-refractivity contribution < 1.29 is 4.79 Å². The van der Waals surface area contributed by atoms with Gasteiger partial charge in [0, 0.05) is 13.1 Å². The molecule has 0 aliphatic carbocycles. The van der Waals surface area contributed by atoms with Crippen LogP contribution < -0.4 is 10.6 Å². The van der Waals surface area contributed by atoms with E-state index in [4.69, 9.17) is 0 Å². The van der Waals surface area contributed by atoms with Crippen molar-refractivity contribution in [2.24, 2.45) is 5.41 Å². The van der Waals surface area contributed by atoms with Crippen LogP contribution in [0, 0.1) is 5.41 Å². The maximum absolute atomic E-state index is 12.6. The Hall–Kier alpha value is -1.35. The van der Waals surface area contributed by atoms with E-state index >= 15 is 0 Å². The van der Waals surface area contributed by atoms with Crippen LogP contribution in [0.15, 0.2) is 24.3 Å². The van der Waals surface area contributed by atoms with Gasteiger partial charge in [0.25, 0.3) is 0 Å². The largest absolute Gasteiger partial charge is 0.351 e. The van der Waals surface area contributed by atoms with Gasteiger partial charge in [0.2, 0.25) is 5.91 Å². The summed E-state index contributed by atoms with van der Waals surface area (Å²) in [6.45, 7) is 6.76. The molecule has 0 spiro atoms. The Morgan fingerprint density at radius 2 is 2.05 bits per heavy atom. The van der Waals surface area contributed by atoms with Crippen LogP contribution in [-0.2, 0) is 17.8 Å². The van der Waals surface area contributed by atoms with Crippen molar-refractivity contribution in [2.75, 3.05) is 13.1 Å². The average Bonchev–Trinajstić information content (AvgIpc) is 2.53. The zero-order valence-electron chi connectivity index (χ0n) is 12.7. The van der Waals surface area contributed by atoms with Crippen molar-refractivity contribution in [3.8, 4) is 0 Å². The molecule has 0 saturated carbocycles. The molecule has 1 aliphatic rings. The van der Waals surface area contributed by atoms with Gasteiger partial charge in [-0.3, -0.25) is 4.79 Å². The number of aryl methyl sites for hydroxylation is 1. The van der Waals surface area contributed by atoms with E-state index in [0.717, 1.165) is 38.8 Å². The van der Waals surface area contributed by atoms with Gasteiger partial charge >= 0.3 is 0 Å². The highest BCUT2D eigenvalue weighted by molar-refractivity contribution is 5.83. The molecule has 3 nitrogen and oxygen atoms in total. The number of piperidine rings is 1. The van der Waals surface area contributed by atoms with Gasteiger partial charge in [-0.1, -0.05) is 38.1 Å². The Morgan fingerprint density at radius 1 is 1.30 bits per heavy atom. The van der Waals surface area contributed by atoms with Crippen LogP contribution in [0.25, 0.3) is 0 Å². The van der Waals surface area contributed by atoms with Crippen molar-refractivity contribution in [1.29, 1.82) is 0 Å². The number of hydrogen-bond acceptors (Lipinski definition) is 2. The summed E-state index contributed by atoms with van der Waals surface area (Å²) in [5.41, 5.74) is 2.35. The topological polar surface area (TPSA) is 41.1 Å². The summed E-state index contributed by atoms with van der Waals surface area (Å²) >= 11 is 0. The molecule has 1 aromatic carbocycles. The normalized spacial score (nSPS) is 22.5. The number of rotatable bonds is 5. The zero-order valence-corrected chi connectivity index (χ0v) is 12.7. The minimum Gasteiger partial charge on any atom is -0.351 e. The van der Waals surface area contributed by atoms with Gasteiger partial charge in [0.05, 0.1) is 5.41 Å². The van der Waals surface area contributed by atoms with Crippen LogP contribution >= 0.6 is 0 Å². The standard InChI is InChI=1S/C17H26N2O/c1-3-14-8-5-6-9-15(14)12-19-16(20)17(4-2)10-7-11-18-13-17/h5-6,8-9,18H,3-4,7,10-13H2,1-2H3,(H,19,20). The number of hydrogen-bond donors (Lipinski definition) is 2. The summed E-state index contributed by atoms with van der Waals surface area (Å²) in [5, 5.41) is 6.52. The Bertz CT molecular complexity index is 450. The fraction of sp³-hybridized carbons (Fsp3) is 0.588. The molecule has 2 N–H and O–H groups in total. The molecule has 3 heteroatoms. The van der Waals surface area contributed by atoms with Gasteiger partial charge in [0.1, 0.15) is 0 Å². The first-order valence-corrected chi connectivity index (χ1v) is 7.77. The van der Waals surface area contributed by atoms with Crippen LogP contribution in [0.1, 0.15) is 44.2 Å². The number of nitrogens with one attached hydrogen (secondary N) is 2. The highest BCUT2D eigenvalue weighted by Crippen LogP contribution is 2.30. The van der Waals surface area contributed by atoms with E-state index in [-0.39, 0.29) is 11.3 Å². The molecule has 1 unspecified atom stereocenters. The van der Waals surface area contributed by atoms with Crippen LogP contribution in [0.5, 0.6) is 0 Å². The second kappa shape index (κ2) is 6.89. The second-order valence-corrected chi connectivity index (χ2v) is 5.72. The fourth-order valence-electron chi connectivity index (χ4n) is 3.06. The number of benzene rings is 1. The Morgan fingerprint density at radius 3 is 2.65 bits per heavy atom. The maximum Gasteiger partial charge on any atom is 0.227 e. The van der Waals surface area contributed by atoms with E-state index < -0.39 is 0 Å². The van der Waals surface area contributed by atoms with Crippen LogP contribution in [0.4, 0.5) is 0 Å². The molecular formula is C17H26N2O. The third-order valence-corrected chi connectivity index (χ3v) is 4.57. The maximum atomic E-state index is 12.6. The predicted molar refractivity (Wildman–Crippen MR) is 82.5 cm³/mol. The molecule has 20 heavy (non-hydrogen) atoms. The molecule has 1 atom stereocenters. The highest BCUT2D eigenvalue weighted by Gasteiger charge is 2.37. The fourth-order valence-corrected chi connectivity index (χ4v) is 3.06. The number of carbonyl (C=O) groups excluding carboxylic acids is 1. The zero-order chi connectivity index (χ0) is 14.4. The number of amides is 1. The van der Waals surface area contributed by atoms with Crippen molar-refractivity contribution >= 4 is 5.91 Å². The molecule has 1 amide bonds. The van der Waals surface area contributed by atoms with Crippen molar-refractivity contribution in [3.05, 3.63) is 35.4 Å². The summed E-state index contributed by atoms with van der Waals surface area (Å²) in [6.07, 6.45) is 4.00. The van der Waals surface area contributed by atoms with Crippen LogP contribution in [0.3, 0.4) is 0 Å². The summed E-state index contributed by atoms with van der Waals surface area (Å²) < 4.78 is 0. The Balaban J connectivity index is 2.00. The van der Waals surface area contributed by atoms with Gasteiger partial charge < -0.3 is 10.6 Å². The summed E-state index contributed by atoms with van der Waals surface area (Å²) in [5.74, 6) is 0.207. The monoisotopic (exact) mass is 274 g/mol. The first kappa shape index (κ1) is 15.0. The minimum absolute atomic E-state index is 0.207. The van der Waals surface area contributed by atoms with E-state index in [2.05, 4.69) is 42.7 Å². The molecular weight excluding hydrogens is 248 g/mol. The molecule has 1 saturated heterocycles. The Kier molecular flexibility index (Phi) is 5.18. The van der Waals surface area contributed by atoms with Crippen molar-refractivity contribution in [1.82, 2.24) is 10.6 Å². The van der Waals surface area contributed by atoms with Gasteiger partial charge in [-0.25, -0.2) is 0 Å². The lowest BCUT2D eigenvalue weighted by Crippen LogP contribution is -2.50. The smallest absolute Gasteiger partial charge is 0.227 e. The van der Waals surface area contributed by atoms with Crippen LogP contribution in [-0.4, -0.2) is 19.0 Å². The average molecular weight is 274 g/mol. The lowest BCUT2D eigenvalue weighted by Gasteiger charge is -2.35. The van der Waals surface area contributed by atoms with E-state index in [0.29, 0.717) is 6.54 Å². The van der Waals surface area contributed by atoms with E-state index in [1.165, 1.54) is 11.1 Å². The molecule has 1 aromatic rings. The van der Waals surface area contributed by atoms with Crippen LogP contribution in [0.2, 0.25) is 0 Å². The third-order valence-electron chi connectivity index (χ3n) is 4.57. The van der Waals surface area contributed by atoms with Crippen molar-refractivity contribution in [3.63, 3.8) is 0 Å². The second-order valence-electron chi connectivity index (χ2n) is 5.72. The van der Waals surface area contributed by atoms with Gasteiger partial charge in [-0.15, -0.1) is 0 Å². The molecule has 1 aliphatic heterocycles. The summed E-state index contributed by atoms with van der Waals surface area (Å²) in [6, 6.07) is 8.34. The lowest BCUT2D eigenvalue weighted by atomic mass is 9.77. The summed E-state index contributed by atoms with van der Waals surface area (Å²) in [4.78, 5) is 12.6. The molecule has 0 radical (unpaired) electrons. The molecule has 1 heterocycles. The molecule has 1 fully saturated rings. The SMILES string of the molecule is CCc1ccccc1CNC(=O)C1(CC)CCCNC1. The molecule has 0 aromatic heterocycles. The number of carbonyl (C=O) groups is 1. The molecule has 0 bridgehead atoms. The lowest BCUT2D eigenvalue weighted by molar-refractivity contribution is -0.132. The third kappa shape index (κ3) is 3.21. The van der Waals surface area contributed by atoms with Gasteiger partial charge in [0.15, 0.2) is 0 Å². The minimum atomic E-state index is -0.209. The predicted octanol–water partition coefficient (Wildman–Crippen LogP) is 2.65. The van der Waals surface area contributed by atoms with Gasteiger partial charge in [-0.2, -0.15) is 0 Å². The quantitative estimate of drug-likeness (QED) is 0.866. The highest BCUT2D eigenvalue weighted by atomic mass is 16.2. The first-order chi connectivity index (χ1) is 9.72. The van der Waals surface area contributed by atoms with E-state index in [1.807, 2.05) is 6.07 Å². The first-order valence-electron chi connectivity index (χ1n) is 7.77.